The van der Waals surface area contributed by atoms with Crippen molar-refractivity contribution in [2.75, 3.05) is 28.9 Å². The molecule has 1 aromatic heterocycles. The molecule has 3 amide bonds. The molecule has 5 rings (SSSR count). The zero-order chi connectivity index (χ0) is 31.5. The van der Waals surface area contributed by atoms with Crippen molar-refractivity contribution in [3.05, 3.63) is 84.1 Å². The van der Waals surface area contributed by atoms with Gasteiger partial charge in [-0.05, 0) is 51.2 Å². The van der Waals surface area contributed by atoms with Crippen LogP contribution in [0.15, 0.2) is 72.8 Å². The highest BCUT2D eigenvalue weighted by molar-refractivity contribution is 7.85. The Kier molecular flexibility index (Phi) is 8.89. The van der Waals surface area contributed by atoms with E-state index in [9.17, 15) is 23.9 Å². The second kappa shape index (κ2) is 12.8. The fourth-order valence-corrected chi connectivity index (χ4v) is 5.94. The first kappa shape index (κ1) is 30.6. The molecule has 226 valence electrons. The summed E-state index contributed by atoms with van der Waals surface area (Å²) in [6, 6.07) is 21.4. The van der Waals surface area contributed by atoms with Gasteiger partial charge in [0.2, 0.25) is 11.8 Å². The quantitative estimate of drug-likeness (QED) is 0.312. The summed E-state index contributed by atoms with van der Waals surface area (Å²) in [4.78, 5) is 44.1. The van der Waals surface area contributed by atoms with E-state index in [0.717, 1.165) is 10.9 Å². The molecule has 0 bridgehead atoms. The number of nitrogens with one attached hydrogen (secondary N) is 2. The van der Waals surface area contributed by atoms with Crippen LogP contribution in [0, 0.1) is 11.3 Å². The number of para-hydroxylation sites is 4. The Morgan fingerprint density at radius 1 is 1.02 bits per heavy atom. The van der Waals surface area contributed by atoms with Crippen molar-refractivity contribution in [1.29, 1.82) is 5.26 Å². The molecule has 2 heterocycles. The van der Waals surface area contributed by atoms with Crippen molar-refractivity contribution in [2.45, 2.75) is 38.5 Å². The molecule has 0 aliphatic carbocycles. The minimum atomic E-state index is -1.43. The Hall–Kier alpha value is -4.86. The van der Waals surface area contributed by atoms with Crippen LogP contribution in [0.25, 0.3) is 16.6 Å². The van der Waals surface area contributed by atoms with E-state index >= 15 is 0 Å². The number of hydrogen-bond acceptors (Lipinski definition) is 7. The summed E-state index contributed by atoms with van der Waals surface area (Å²) in [6.45, 7) is 3.39. The van der Waals surface area contributed by atoms with Crippen molar-refractivity contribution in [2.24, 2.45) is 0 Å². The van der Waals surface area contributed by atoms with E-state index in [-0.39, 0.29) is 12.3 Å². The number of anilines is 2. The topological polar surface area (TPSA) is 140 Å². The number of carbonyl (C=O) groups is 3. The Morgan fingerprint density at radius 2 is 1.66 bits per heavy atom. The molecule has 44 heavy (non-hydrogen) atoms. The monoisotopic (exact) mass is 611 g/mol. The third-order valence-corrected chi connectivity index (χ3v) is 8.45. The first-order valence-corrected chi connectivity index (χ1v) is 15.8. The summed E-state index contributed by atoms with van der Waals surface area (Å²) >= 11 is 0. The van der Waals surface area contributed by atoms with E-state index in [2.05, 4.69) is 16.7 Å². The number of nitriles is 1. The number of fused-ring (bicyclic) bond motifs is 2. The van der Waals surface area contributed by atoms with Gasteiger partial charge in [-0.25, -0.2) is 4.68 Å². The van der Waals surface area contributed by atoms with E-state index in [1.807, 2.05) is 36.4 Å². The molecule has 0 saturated heterocycles. The normalized spacial score (nSPS) is 17.8. The predicted molar refractivity (Wildman–Crippen MR) is 170 cm³/mol. The lowest BCUT2D eigenvalue weighted by molar-refractivity contribution is -0.129. The number of likely N-dealkylation sites (N-methyl/N-ethyl adjacent to an activating group) is 1. The second-order valence-electron chi connectivity index (χ2n) is 10.6. The molecule has 4 aromatic rings. The van der Waals surface area contributed by atoms with Gasteiger partial charge in [-0.2, -0.15) is 10.4 Å². The van der Waals surface area contributed by atoms with Crippen molar-refractivity contribution in [3.8, 4) is 11.8 Å². The zero-order valence-corrected chi connectivity index (χ0v) is 25.7. The molecular weight excluding hydrogens is 578 g/mol. The third kappa shape index (κ3) is 5.71. The van der Waals surface area contributed by atoms with E-state index < -0.39 is 46.6 Å². The number of benzene rings is 3. The minimum absolute atomic E-state index is 0.0144. The lowest BCUT2D eigenvalue weighted by Crippen LogP contribution is -2.60. The van der Waals surface area contributed by atoms with Gasteiger partial charge in [0.15, 0.2) is 0 Å². The van der Waals surface area contributed by atoms with Crippen molar-refractivity contribution >= 4 is 50.8 Å². The average Bonchev–Trinajstić information content (AvgIpc) is 3.36. The number of aromatic nitrogens is 2. The third-order valence-electron chi connectivity index (χ3n) is 7.80. The van der Waals surface area contributed by atoms with Crippen LogP contribution in [-0.4, -0.2) is 68.9 Å². The molecule has 1 aliphatic rings. The van der Waals surface area contributed by atoms with E-state index in [4.69, 9.17) is 5.10 Å². The van der Waals surface area contributed by atoms with Crippen LogP contribution in [0.4, 0.5) is 11.4 Å². The van der Waals surface area contributed by atoms with Crippen LogP contribution in [0.1, 0.15) is 25.1 Å². The molecular formula is C32H33N7O4S. The SMILES string of the molecule is CN[C@@H](C)C(=O)NC1C(=O)N(Cc2nn(-c3ccccc3C#N)c3ccccc23)c2ccccc2N(C(=O)CS(C)=O)[C@H]1C. The van der Waals surface area contributed by atoms with Gasteiger partial charge in [-0.3, -0.25) is 18.6 Å². The highest BCUT2D eigenvalue weighted by Gasteiger charge is 2.42. The van der Waals surface area contributed by atoms with Crippen molar-refractivity contribution < 1.29 is 18.6 Å². The van der Waals surface area contributed by atoms with Crippen molar-refractivity contribution in [3.63, 3.8) is 0 Å². The lowest BCUT2D eigenvalue weighted by Gasteiger charge is -2.32. The smallest absolute Gasteiger partial charge is 0.252 e. The second-order valence-corrected chi connectivity index (χ2v) is 12.1. The van der Waals surface area contributed by atoms with Gasteiger partial charge in [-0.15, -0.1) is 0 Å². The molecule has 0 fully saturated rings. The summed E-state index contributed by atoms with van der Waals surface area (Å²) in [6.07, 6.45) is 1.45. The molecule has 2 N–H and O–H groups in total. The maximum Gasteiger partial charge on any atom is 0.252 e. The number of amides is 3. The molecule has 4 atom stereocenters. The van der Waals surface area contributed by atoms with Crippen LogP contribution >= 0.6 is 0 Å². The summed E-state index contributed by atoms with van der Waals surface area (Å²) in [5, 5.41) is 21.2. The molecule has 1 aliphatic heterocycles. The lowest BCUT2D eigenvalue weighted by atomic mass is 10.1. The van der Waals surface area contributed by atoms with Crippen molar-refractivity contribution in [1.82, 2.24) is 20.4 Å². The van der Waals surface area contributed by atoms with Crippen LogP contribution < -0.4 is 20.4 Å². The van der Waals surface area contributed by atoms with E-state index in [0.29, 0.717) is 28.3 Å². The highest BCUT2D eigenvalue weighted by atomic mass is 32.2. The molecule has 2 unspecified atom stereocenters. The zero-order valence-electron chi connectivity index (χ0n) is 24.9. The molecule has 3 aromatic carbocycles. The fraction of sp³-hybridized carbons (Fsp3) is 0.281. The molecule has 0 radical (unpaired) electrons. The van der Waals surface area contributed by atoms with E-state index in [1.165, 1.54) is 16.1 Å². The summed E-state index contributed by atoms with van der Waals surface area (Å²) in [5.41, 5.74) is 3.27. The van der Waals surface area contributed by atoms with Gasteiger partial charge in [0, 0.05) is 22.4 Å². The van der Waals surface area contributed by atoms with Crippen LogP contribution in [0.2, 0.25) is 0 Å². The van der Waals surface area contributed by atoms with Gasteiger partial charge in [0.05, 0.1) is 52.5 Å². The first-order valence-electron chi connectivity index (χ1n) is 14.1. The summed E-state index contributed by atoms with van der Waals surface area (Å²) in [5.74, 6) is -1.50. The van der Waals surface area contributed by atoms with Gasteiger partial charge >= 0.3 is 0 Å². The predicted octanol–water partition coefficient (Wildman–Crippen LogP) is 2.64. The van der Waals surface area contributed by atoms with Crippen LogP contribution in [-0.2, 0) is 31.7 Å². The largest absolute Gasteiger partial charge is 0.341 e. The highest BCUT2D eigenvalue weighted by Crippen LogP contribution is 2.37. The number of nitrogens with zero attached hydrogens (tertiary/aromatic N) is 5. The Morgan fingerprint density at radius 3 is 2.34 bits per heavy atom. The Bertz CT molecular complexity index is 1810. The van der Waals surface area contributed by atoms with E-state index in [1.54, 1.807) is 62.0 Å². The number of hydrogen-bond donors (Lipinski definition) is 2. The fourth-order valence-electron chi connectivity index (χ4n) is 5.45. The first-order chi connectivity index (χ1) is 21.2. The molecule has 12 heteroatoms. The number of carbonyl (C=O) groups excluding carboxylic acids is 3. The molecule has 11 nitrogen and oxygen atoms in total. The molecule has 0 spiro atoms. The van der Waals surface area contributed by atoms with Gasteiger partial charge in [-0.1, -0.05) is 42.5 Å². The maximum atomic E-state index is 14.5. The number of rotatable bonds is 8. The Labute approximate surface area is 257 Å². The molecule has 0 saturated carbocycles. The van der Waals surface area contributed by atoms with Gasteiger partial charge < -0.3 is 20.4 Å². The van der Waals surface area contributed by atoms with Crippen LogP contribution in [0.5, 0.6) is 0 Å². The summed E-state index contributed by atoms with van der Waals surface area (Å²) < 4.78 is 13.8. The maximum absolute atomic E-state index is 14.5. The average molecular weight is 612 g/mol. The van der Waals surface area contributed by atoms with Gasteiger partial charge in [0.1, 0.15) is 17.9 Å². The van der Waals surface area contributed by atoms with Gasteiger partial charge in [0.25, 0.3) is 5.91 Å². The Balaban J connectivity index is 1.67. The summed E-state index contributed by atoms with van der Waals surface area (Å²) in [7, 11) is 0.211. The minimum Gasteiger partial charge on any atom is -0.341 e. The standard InChI is InChI=1S/C32H33N7O4S/c1-20(34-3)31(41)35-30-21(2)38(29(40)19-44(4)43)28-16-10-9-15-27(28)37(32(30)42)18-24-23-12-6-8-14-26(23)39(36-24)25-13-7-5-11-22(25)17-33/h5-16,20-21,30,34H,18-19H2,1-4H3,(H,35,41)/t20-,21-,30?,44?/m0/s1. The van der Waals surface area contributed by atoms with Crippen LogP contribution in [0.3, 0.4) is 0 Å².